The van der Waals surface area contributed by atoms with Crippen molar-refractivity contribution in [3.8, 4) is 5.75 Å². The Morgan fingerprint density at radius 3 is 2.92 bits per heavy atom. The van der Waals surface area contributed by atoms with E-state index in [1.165, 1.54) is 7.11 Å². The summed E-state index contributed by atoms with van der Waals surface area (Å²) in [6.07, 6.45) is 0. The van der Waals surface area contributed by atoms with Gasteiger partial charge >= 0.3 is 0 Å². The number of methoxy groups -OCH3 is 1. The van der Waals surface area contributed by atoms with E-state index in [1.54, 1.807) is 24.3 Å². The summed E-state index contributed by atoms with van der Waals surface area (Å²) in [6.45, 7) is 0. The maximum atomic E-state index is 13.7. The fourth-order valence-electron chi connectivity index (χ4n) is 2.48. The fraction of sp³-hybridized carbons (Fsp3) is 0.0588. The molecule has 0 aliphatic rings. The van der Waals surface area contributed by atoms with Crippen LogP contribution in [0.25, 0.3) is 21.2 Å². The average Bonchev–Trinajstić information content (AvgIpc) is 3.18. The minimum Gasteiger partial charge on any atom is -0.493 e. The summed E-state index contributed by atoms with van der Waals surface area (Å²) >= 11 is 0.974. The van der Waals surface area contributed by atoms with Gasteiger partial charge in [-0.15, -0.1) is 0 Å². The van der Waals surface area contributed by atoms with Crippen molar-refractivity contribution in [1.82, 2.24) is 4.98 Å². The van der Waals surface area contributed by atoms with Crippen molar-refractivity contribution >= 4 is 43.6 Å². The Morgan fingerprint density at radius 2 is 2.12 bits per heavy atom. The number of nitrogens with zero attached hydrogens (tertiary/aromatic N) is 1. The zero-order chi connectivity index (χ0) is 17.6. The van der Waals surface area contributed by atoms with Crippen LogP contribution in [-0.2, 0) is 0 Å². The number of thiazole rings is 1. The molecule has 0 aliphatic carbocycles. The van der Waals surface area contributed by atoms with Gasteiger partial charge in [-0.2, -0.15) is 0 Å². The Kier molecular flexibility index (Phi) is 3.61. The van der Waals surface area contributed by atoms with Crippen molar-refractivity contribution in [2.24, 2.45) is 0 Å². The number of benzene rings is 2. The first-order valence-electron chi connectivity index (χ1n) is 7.18. The van der Waals surface area contributed by atoms with E-state index in [4.69, 9.17) is 9.15 Å². The summed E-state index contributed by atoms with van der Waals surface area (Å²) in [7, 11) is 1.51. The SMILES string of the molecule is COc1cccc2cc(C(=O)Nc3nc4c(F)cc(F)cc4s3)oc12. The molecule has 0 saturated carbocycles. The van der Waals surface area contributed by atoms with Crippen molar-refractivity contribution in [2.45, 2.75) is 0 Å². The number of anilines is 1. The molecule has 2 heterocycles. The maximum Gasteiger partial charge on any atom is 0.293 e. The van der Waals surface area contributed by atoms with Gasteiger partial charge in [0.2, 0.25) is 0 Å². The number of carbonyl (C=O) groups is 1. The molecule has 0 bridgehead atoms. The zero-order valence-electron chi connectivity index (χ0n) is 12.8. The number of carbonyl (C=O) groups excluding carboxylic acids is 1. The van der Waals surface area contributed by atoms with E-state index >= 15 is 0 Å². The molecule has 0 aliphatic heterocycles. The summed E-state index contributed by atoms with van der Waals surface area (Å²) in [5.74, 6) is -1.45. The van der Waals surface area contributed by atoms with E-state index in [9.17, 15) is 13.6 Å². The number of hydrogen-bond acceptors (Lipinski definition) is 5. The Hall–Kier alpha value is -3.00. The normalized spacial score (nSPS) is 11.2. The van der Waals surface area contributed by atoms with E-state index in [0.717, 1.165) is 23.5 Å². The molecule has 8 heteroatoms. The molecule has 5 nitrogen and oxygen atoms in total. The number of aromatic nitrogens is 1. The van der Waals surface area contributed by atoms with Crippen molar-refractivity contribution < 1.29 is 22.7 Å². The summed E-state index contributed by atoms with van der Waals surface area (Å²) in [5.41, 5.74) is 0.459. The third-order valence-electron chi connectivity index (χ3n) is 3.59. The molecular weight excluding hydrogens is 350 g/mol. The molecule has 25 heavy (non-hydrogen) atoms. The minimum atomic E-state index is -0.778. The first-order chi connectivity index (χ1) is 12.0. The second-order valence-electron chi connectivity index (χ2n) is 5.20. The lowest BCUT2D eigenvalue weighted by atomic mass is 10.2. The molecular formula is C17H10F2N2O3S. The molecule has 0 fully saturated rings. The van der Waals surface area contributed by atoms with Gasteiger partial charge < -0.3 is 9.15 Å². The van der Waals surface area contributed by atoms with Crippen LogP contribution in [0.1, 0.15) is 10.6 Å². The molecule has 0 atom stereocenters. The number of fused-ring (bicyclic) bond motifs is 2. The number of ether oxygens (including phenoxy) is 1. The van der Waals surface area contributed by atoms with Crippen molar-refractivity contribution in [2.75, 3.05) is 12.4 Å². The van der Waals surface area contributed by atoms with Crippen LogP contribution in [0.3, 0.4) is 0 Å². The van der Waals surface area contributed by atoms with Crippen LogP contribution in [0, 0.1) is 11.6 Å². The first kappa shape index (κ1) is 15.5. The van der Waals surface area contributed by atoms with Gasteiger partial charge in [-0.1, -0.05) is 23.5 Å². The van der Waals surface area contributed by atoms with Gasteiger partial charge in [0.25, 0.3) is 5.91 Å². The predicted octanol–water partition coefficient (Wildman–Crippen LogP) is 4.58. The lowest BCUT2D eigenvalue weighted by Gasteiger charge is -1.99. The summed E-state index contributed by atoms with van der Waals surface area (Å²) in [4.78, 5) is 16.4. The molecule has 1 amide bonds. The predicted molar refractivity (Wildman–Crippen MR) is 90.3 cm³/mol. The summed E-state index contributed by atoms with van der Waals surface area (Å²) in [5, 5.41) is 3.40. The van der Waals surface area contributed by atoms with E-state index in [2.05, 4.69) is 10.3 Å². The van der Waals surface area contributed by atoms with Gasteiger partial charge in [0, 0.05) is 11.5 Å². The molecule has 0 unspecified atom stereocenters. The number of para-hydroxylation sites is 1. The highest BCUT2D eigenvalue weighted by Gasteiger charge is 2.17. The van der Waals surface area contributed by atoms with Gasteiger partial charge in [0.05, 0.1) is 11.8 Å². The Morgan fingerprint density at radius 1 is 1.28 bits per heavy atom. The minimum absolute atomic E-state index is 0.00738. The Bertz CT molecular complexity index is 1120. The third-order valence-corrected chi connectivity index (χ3v) is 4.50. The number of nitrogens with one attached hydrogen (secondary N) is 1. The largest absolute Gasteiger partial charge is 0.493 e. The van der Waals surface area contributed by atoms with Crippen LogP contribution in [0.5, 0.6) is 5.75 Å². The highest BCUT2D eigenvalue weighted by Crippen LogP contribution is 2.31. The van der Waals surface area contributed by atoms with Gasteiger partial charge in [0.1, 0.15) is 11.3 Å². The Labute approximate surface area is 143 Å². The standard InChI is InChI=1S/C17H10F2N2O3S/c1-23-11-4-2-3-8-5-12(24-15(8)11)16(22)21-17-20-14-10(19)6-9(18)7-13(14)25-17/h2-7H,1H3,(H,20,21,22). The van der Waals surface area contributed by atoms with Crippen molar-refractivity contribution in [1.29, 1.82) is 0 Å². The third kappa shape index (κ3) is 2.70. The lowest BCUT2D eigenvalue weighted by molar-refractivity contribution is 0.0998. The topological polar surface area (TPSA) is 64.4 Å². The maximum absolute atomic E-state index is 13.7. The highest BCUT2D eigenvalue weighted by atomic mass is 32.1. The molecule has 0 spiro atoms. The summed E-state index contributed by atoms with van der Waals surface area (Å²) < 4.78 is 38.0. The number of amides is 1. The fourth-order valence-corrected chi connectivity index (χ4v) is 3.38. The molecule has 0 saturated heterocycles. The van der Waals surface area contributed by atoms with Crippen molar-refractivity contribution in [3.05, 3.63) is 53.8 Å². The molecule has 4 aromatic rings. The van der Waals surface area contributed by atoms with Crippen LogP contribution in [0.4, 0.5) is 13.9 Å². The second kappa shape index (κ2) is 5.82. The Balaban J connectivity index is 1.67. The second-order valence-corrected chi connectivity index (χ2v) is 6.23. The number of hydrogen-bond donors (Lipinski definition) is 1. The number of furan rings is 1. The zero-order valence-corrected chi connectivity index (χ0v) is 13.6. The van der Waals surface area contributed by atoms with Crippen LogP contribution < -0.4 is 10.1 Å². The first-order valence-corrected chi connectivity index (χ1v) is 8.00. The molecule has 2 aromatic heterocycles. The van der Waals surface area contributed by atoms with Crippen LogP contribution in [0.15, 0.2) is 40.8 Å². The molecule has 0 radical (unpaired) electrons. The average molecular weight is 360 g/mol. The van der Waals surface area contributed by atoms with Crippen LogP contribution in [-0.4, -0.2) is 18.0 Å². The molecule has 2 aromatic carbocycles. The van der Waals surface area contributed by atoms with Gasteiger partial charge in [0.15, 0.2) is 28.0 Å². The molecule has 4 rings (SSSR count). The van der Waals surface area contributed by atoms with Crippen LogP contribution >= 0.6 is 11.3 Å². The van der Waals surface area contributed by atoms with Crippen molar-refractivity contribution in [3.63, 3.8) is 0 Å². The number of rotatable bonds is 3. The van der Waals surface area contributed by atoms with Gasteiger partial charge in [-0.3, -0.25) is 10.1 Å². The molecule has 1 N–H and O–H groups in total. The number of halogens is 2. The van der Waals surface area contributed by atoms with Crippen LogP contribution in [0.2, 0.25) is 0 Å². The van der Waals surface area contributed by atoms with Gasteiger partial charge in [-0.25, -0.2) is 13.8 Å². The lowest BCUT2D eigenvalue weighted by Crippen LogP contribution is -2.10. The molecule has 126 valence electrons. The van der Waals surface area contributed by atoms with E-state index < -0.39 is 17.5 Å². The van der Waals surface area contributed by atoms with E-state index in [1.807, 2.05) is 0 Å². The van der Waals surface area contributed by atoms with Gasteiger partial charge in [-0.05, 0) is 18.2 Å². The summed E-state index contributed by atoms with van der Waals surface area (Å²) in [6, 6.07) is 8.77. The highest BCUT2D eigenvalue weighted by molar-refractivity contribution is 7.22. The van der Waals surface area contributed by atoms with E-state index in [0.29, 0.717) is 21.4 Å². The quantitative estimate of drug-likeness (QED) is 0.581. The van der Waals surface area contributed by atoms with E-state index in [-0.39, 0.29) is 16.4 Å². The monoisotopic (exact) mass is 360 g/mol. The smallest absolute Gasteiger partial charge is 0.293 e.